The van der Waals surface area contributed by atoms with Gasteiger partial charge < -0.3 is 14.8 Å². The number of anilines is 1. The van der Waals surface area contributed by atoms with E-state index in [1.807, 2.05) is 0 Å². The number of ether oxygens (including phenoxy) is 2. The zero-order chi connectivity index (χ0) is 19.2. The lowest BCUT2D eigenvalue weighted by Gasteiger charge is -2.10. The average molecular weight is 389 g/mol. The highest BCUT2D eigenvalue weighted by Crippen LogP contribution is 2.32. The third kappa shape index (κ3) is 5.92. The number of esters is 1. The summed E-state index contributed by atoms with van der Waals surface area (Å²) in [5.74, 6) is -1.43. The smallest absolute Gasteiger partial charge is 0.417 e. The monoisotopic (exact) mass is 388 g/mol. The van der Waals surface area contributed by atoms with Crippen molar-refractivity contribution >= 4 is 29.3 Å². The van der Waals surface area contributed by atoms with Gasteiger partial charge in [-0.2, -0.15) is 13.2 Å². The number of pyridine rings is 1. The predicted octanol–water partition coefficient (Wildman–Crippen LogP) is 3.31. The van der Waals surface area contributed by atoms with Gasteiger partial charge in [0.15, 0.2) is 19.0 Å². The quantitative estimate of drug-likeness (QED) is 0.768. The molecule has 1 aromatic carbocycles. The van der Waals surface area contributed by atoms with E-state index in [9.17, 15) is 22.8 Å². The second kappa shape index (κ2) is 8.52. The van der Waals surface area contributed by atoms with Gasteiger partial charge in [0.2, 0.25) is 0 Å². The lowest BCUT2D eigenvalue weighted by Crippen LogP contribution is -2.24. The minimum absolute atomic E-state index is 0.277. The van der Waals surface area contributed by atoms with Gasteiger partial charge in [-0.05, 0) is 18.2 Å². The Morgan fingerprint density at radius 2 is 1.85 bits per heavy atom. The van der Waals surface area contributed by atoms with Gasteiger partial charge in [-0.3, -0.25) is 4.79 Å². The number of nitrogens with one attached hydrogen (secondary N) is 1. The number of hydrogen-bond acceptors (Lipinski definition) is 5. The van der Waals surface area contributed by atoms with Crippen LogP contribution in [0.5, 0.6) is 5.75 Å². The molecule has 6 nitrogen and oxygen atoms in total. The molecule has 2 aromatic rings. The van der Waals surface area contributed by atoms with Crippen molar-refractivity contribution in [2.45, 2.75) is 6.18 Å². The van der Waals surface area contributed by atoms with Crippen LogP contribution in [0.2, 0.25) is 5.02 Å². The molecular weight excluding hydrogens is 377 g/mol. The predicted molar refractivity (Wildman–Crippen MR) is 85.8 cm³/mol. The van der Waals surface area contributed by atoms with E-state index in [4.69, 9.17) is 16.3 Å². The Kier molecular flexibility index (Phi) is 6.40. The largest absolute Gasteiger partial charge is 0.482 e. The average Bonchev–Trinajstić information content (AvgIpc) is 2.60. The SMILES string of the molecule is O=C(COC(=O)COc1ccccc1)Nc1ncc(C(F)(F)F)cc1Cl. The fraction of sp³-hybridized carbons (Fsp3) is 0.188. The van der Waals surface area contributed by atoms with Gasteiger partial charge in [-0.15, -0.1) is 0 Å². The molecule has 0 aliphatic heterocycles. The fourth-order valence-electron chi connectivity index (χ4n) is 1.70. The van der Waals surface area contributed by atoms with Gasteiger partial charge >= 0.3 is 12.1 Å². The maximum absolute atomic E-state index is 12.5. The molecule has 1 amide bonds. The van der Waals surface area contributed by atoms with Crippen molar-refractivity contribution in [3.05, 3.63) is 53.2 Å². The Hall–Kier alpha value is -2.81. The summed E-state index contributed by atoms with van der Waals surface area (Å²) in [5, 5.41) is 1.75. The maximum atomic E-state index is 12.5. The van der Waals surface area contributed by atoms with Gasteiger partial charge in [0.05, 0.1) is 10.6 Å². The number of para-hydroxylation sites is 1. The number of aromatic nitrogens is 1. The molecule has 0 spiro atoms. The summed E-state index contributed by atoms with van der Waals surface area (Å²) < 4.78 is 47.4. The third-order valence-electron chi connectivity index (χ3n) is 2.89. The molecule has 26 heavy (non-hydrogen) atoms. The molecule has 2 rings (SSSR count). The van der Waals surface area contributed by atoms with E-state index in [1.165, 1.54) is 0 Å². The number of carbonyl (C=O) groups is 2. The second-order valence-electron chi connectivity index (χ2n) is 4.86. The standard InChI is InChI=1S/C16H12ClF3N2O4/c17-12-6-10(16(18,19)20)7-21-15(12)22-13(23)8-26-14(24)9-25-11-4-2-1-3-5-11/h1-7H,8-9H2,(H,21,22,23). The minimum Gasteiger partial charge on any atom is -0.482 e. The molecule has 10 heteroatoms. The molecule has 0 unspecified atom stereocenters. The lowest BCUT2D eigenvalue weighted by molar-refractivity contribution is -0.149. The van der Waals surface area contributed by atoms with E-state index >= 15 is 0 Å². The number of halogens is 4. The maximum Gasteiger partial charge on any atom is 0.417 e. The van der Waals surface area contributed by atoms with Gasteiger partial charge in [-0.1, -0.05) is 29.8 Å². The first-order chi connectivity index (χ1) is 12.3. The molecule has 0 saturated heterocycles. The summed E-state index contributed by atoms with van der Waals surface area (Å²) in [4.78, 5) is 26.6. The normalized spacial score (nSPS) is 10.9. The lowest BCUT2D eigenvalue weighted by atomic mass is 10.3. The van der Waals surface area contributed by atoms with Crippen molar-refractivity contribution in [1.29, 1.82) is 0 Å². The van der Waals surface area contributed by atoms with Crippen LogP contribution >= 0.6 is 11.6 Å². The third-order valence-corrected chi connectivity index (χ3v) is 3.18. The Labute approximate surface area is 150 Å². The number of hydrogen-bond donors (Lipinski definition) is 1. The minimum atomic E-state index is -4.60. The zero-order valence-corrected chi connectivity index (χ0v) is 13.8. The van der Waals surface area contributed by atoms with Crippen LogP contribution in [0.1, 0.15) is 5.56 Å². The summed E-state index contributed by atoms with van der Waals surface area (Å²) in [7, 11) is 0. The first-order valence-electron chi connectivity index (χ1n) is 7.12. The summed E-state index contributed by atoms with van der Waals surface area (Å²) in [6.45, 7) is -1.08. The highest BCUT2D eigenvalue weighted by atomic mass is 35.5. The fourth-order valence-corrected chi connectivity index (χ4v) is 1.91. The van der Waals surface area contributed by atoms with E-state index in [0.29, 0.717) is 18.0 Å². The summed E-state index contributed by atoms with van der Waals surface area (Å²) in [5.41, 5.74) is -1.05. The molecule has 0 radical (unpaired) electrons. The highest BCUT2D eigenvalue weighted by Gasteiger charge is 2.31. The van der Waals surface area contributed by atoms with Crippen LogP contribution < -0.4 is 10.1 Å². The Morgan fingerprint density at radius 1 is 1.15 bits per heavy atom. The first-order valence-corrected chi connectivity index (χ1v) is 7.49. The number of carbonyl (C=O) groups excluding carboxylic acids is 2. The molecule has 0 atom stereocenters. The van der Waals surface area contributed by atoms with Crippen LogP contribution in [0.3, 0.4) is 0 Å². The number of benzene rings is 1. The van der Waals surface area contributed by atoms with Crippen molar-refractivity contribution < 1.29 is 32.2 Å². The zero-order valence-electron chi connectivity index (χ0n) is 13.0. The Morgan fingerprint density at radius 3 is 2.46 bits per heavy atom. The molecule has 1 N–H and O–H groups in total. The molecule has 0 aliphatic carbocycles. The number of rotatable bonds is 6. The van der Waals surface area contributed by atoms with Crippen LogP contribution in [0.4, 0.5) is 19.0 Å². The summed E-state index contributed by atoms with van der Waals surface area (Å²) in [6, 6.07) is 9.11. The number of amides is 1. The summed E-state index contributed by atoms with van der Waals surface area (Å²) in [6.07, 6.45) is -4.07. The second-order valence-corrected chi connectivity index (χ2v) is 5.27. The molecule has 0 fully saturated rings. The number of alkyl halides is 3. The van der Waals surface area contributed by atoms with Crippen molar-refractivity contribution in [3.8, 4) is 5.75 Å². The Balaban J connectivity index is 1.80. The van der Waals surface area contributed by atoms with Crippen LogP contribution in [0.25, 0.3) is 0 Å². The van der Waals surface area contributed by atoms with E-state index in [1.54, 1.807) is 30.3 Å². The van der Waals surface area contributed by atoms with E-state index in [0.717, 1.165) is 0 Å². The molecule has 0 saturated carbocycles. The van der Waals surface area contributed by atoms with Crippen molar-refractivity contribution in [3.63, 3.8) is 0 Å². The highest BCUT2D eigenvalue weighted by molar-refractivity contribution is 6.33. The van der Waals surface area contributed by atoms with Crippen LogP contribution in [-0.2, 0) is 20.5 Å². The molecule has 1 heterocycles. The van der Waals surface area contributed by atoms with E-state index in [2.05, 4.69) is 15.0 Å². The van der Waals surface area contributed by atoms with Crippen LogP contribution in [0, 0.1) is 0 Å². The van der Waals surface area contributed by atoms with Gasteiger partial charge in [0, 0.05) is 6.20 Å². The van der Waals surface area contributed by atoms with Gasteiger partial charge in [0.25, 0.3) is 5.91 Å². The van der Waals surface area contributed by atoms with Crippen LogP contribution in [-0.4, -0.2) is 30.1 Å². The topological polar surface area (TPSA) is 77.5 Å². The molecular formula is C16H12ClF3N2O4. The molecule has 0 aliphatic rings. The molecule has 0 bridgehead atoms. The van der Waals surface area contributed by atoms with Crippen molar-refractivity contribution in [2.24, 2.45) is 0 Å². The van der Waals surface area contributed by atoms with Gasteiger partial charge in [0.1, 0.15) is 5.75 Å². The summed E-state index contributed by atoms with van der Waals surface area (Å²) >= 11 is 5.65. The van der Waals surface area contributed by atoms with Gasteiger partial charge in [-0.25, -0.2) is 9.78 Å². The van der Waals surface area contributed by atoms with Crippen LogP contribution in [0.15, 0.2) is 42.6 Å². The van der Waals surface area contributed by atoms with Crippen molar-refractivity contribution in [1.82, 2.24) is 4.98 Å². The first kappa shape index (κ1) is 19.5. The van der Waals surface area contributed by atoms with Crippen molar-refractivity contribution in [2.75, 3.05) is 18.5 Å². The molecule has 138 valence electrons. The van der Waals surface area contributed by atoms with E-state index < -0.39 is 41.9 Å². The van der Waals surface area contributed by atoms with E-state index in [-0.39, 0.29) is 5.82 Å². The Bertz CT molecular complexity index is 785. The molecule has 1 aromatic heterocycles. The number of nitrogens with zero attached hydrogens (tertiary/aromatic N) is 1.